The molecule has 0 aromatic heterocycles. The maximum atomic E-state index is 13.2. The molecule has 0 unspecified atom stereocenters. The van der Waals surface area contributed by atoms with Crippen LogP contribution in [0.25, 0.3) is 11.1 Å². The van der Waals surface area contributed by atoms with Gasteiger partial charge in [0.1, 0.15) is 16.5 Å². The summed E-state index contributed by atoms with van der Waals surface area (Å²) < 4.78 is 10.2. The van der Waals surface area contributed by atoms with Crippen molar-refractivity contribution >= 4 is 46.7 Å². The van der Waals surface area contributed by atoms with Crippen LogP contribution >= 0.6 is 11.6 Å². The molecule has 4 aromatic rings. The zero-order chi connectivity index (χ0) is 28.2. The van der Waals surface area contributed by atoms with Crippen LogP contribution in [0.2, 0.25) is 0 Å². The Morgan fingerprint density at radius 2 is 1.35 bits per heavy atom. The molecule has 9 heteroatoms. The fourth-order valence-corrected chi connectivity index (χ4v) is 4.34. The lowest BCUT2D eigenvalue weighted by Crippen LogP contribution is -2.33. The molecule has 4 aromatic carbocycles. The van der Waals surface area contributed by atoms with E-state index in [0.717, 1.165) is 16.0 Å². The summed E-state index contributed by atoms with van der Waals surface area (Å²) >= 11 is 6.22. The minimum absolute atomic E-state index is 0.0370. The lowest BCUT2D eigenvalue weighted by molar-refractivity contribution is -0.120. The van der Waals surface area contributed by atoms with Gasteiger partial charge in [-0.2, -0.15) is 0 Å². The van der Waals surface area contributed by atoms with Crippen molar-refractivity contribution in [2.75, 3.05) is 17.3 Å². The van der Waals surface area contributed by atoms with Gasteiger partial charge in [-0.1, -0.05) is 66.2 Å². The van der Waals surface area contributed by atoms with Gasteiger partial charge < -0.3 is 14.8 Å². The Labute approximate surface area is 234 Å². The first-order valence-corrected chi connectivity index (χ1v) is 12.5. The predicted octanol–water partition coefficient (Wildman–Crippen LogP) is 5.80. The number of rotatable bonds is 7. The number of esters is 2. The molecule has 40 heavy (non-hydrogen) atoms. The third-order valence-electron chi connectivity index (χ3n) is 6.14. The Hall–Kier alpha value is -5.21. The van der Waals surface area contributed by atoms with Crippen LogP contribution in [0.5, 0.6) is 5.75 Å². The first-order valence-electron chi connectivity index (χ1n) is 12.1. The number of halogens is 1. The molecule has 0 fully saturated rings. The highest BCUT2D eigenvalue weighted by molar-refractivity contribution is 6.53. The minimum Gasteiger partial charge on any atom is -0.465 e. The number of nitrogens with zero attached hydrogens (tertiary/aromatic N) is 1. The lowest BCUT2D eigenvalue weighted by atomic mass is 10.1. The molecule has 0 atom stereocenters. The molecule has 0 radical (unpaired) electrons. The van der Waals surface area contributed by atoms with Gasteiger partial charge >= 0.3 is 11.9 Å². The highest BCUT2D eigenvalue weighted by atomic mass is 35.5. The minimum atomic E-state index is -0.788. The maximum Gasteiger partial charge on any atom is 0.343 e. The average molecular weight is 553 g/mol. The molecule has 5 rings (SSSR count). The number of benzene rings is 4. The van der Waals surface area contributed by atoms with Gasteiger partial charge in [0.2, 0.25) is 0 Å². The summed E-state index contributed by atoms with van der Waals surface area (Å²) in [5.74, 6) is -2.40. The molecule has 0 saturated heterocycles. The van der Waals surface area contributed by atoms with E-state index in [9.17, 15) is 19.2 Å². The molecule has 0 bridgehead atoms. The quantitative estimate of drug-likeness (QED) is 0.176. The second-order valence-electron chi connectivity index (χ2n) is 8.63. The smallest absolute Gasteiger partial charge is 0.343 e. The van der Waals surface area contributed by atoms with Crippen LogP contribution in [0.3, 0.4) is 0 Å². The van der Waals surface area contributed by atoms with E-state index in [2.05, 4.69) is 5.32 Å². The summed E-state index contributed by atoms with van der Waals surface area (Å²) in [6.45, 7) is 0. The second-order valence-corrected chi connectivity index (χ2v) is 9.00. The van der Waals surface area contributed by atoms with E-state index in [0.29, 0.717) is 11.4 Å². The normalized spacial score (nSPS) is 12.9. The van der Waals surface area contributed by atoms with Crippen molar-refractivity contribution in [1.29, 1.82) is 0 Å². The van der Waals surface area contributed by atoms with Crippen molar-refractivity contribution in [3.05, 3.63) is 125 Å². The number of methoxy groups -OCH3 is 1. The molecule has 2 amide bonds. The number of hydrogen-bond donors (Lipinski definition) is 1. The van der Waals surface area contributed by atoms with Gasteiger partial charge in [0.05, 0.1) is 23.9 Å². The number of carbonyl (C=O) groups excluding carboxylic acids is 4. The molecule has 0 aliphatic carbocycles. The van der Waals surface area contributed by atoms with Gasteiger partial charge in [-0.25, -0.2) is 14.5 Å². The maximum absolute atomic E-state index is 13.2. The van der Waals surface area contributed by atoms with E-state index >= 15 is 0 Å². The number of amides is 2. The van der Waals surface area contributed by atoms with Crippen molar-refractivity contribution in [2.45, 2.75) is 0 Å². The van der Waals surface area contributed by atoms with E-state index in [1.807, 2.05) is 42.5 Å². The fraction of sp³-hybridized carbons (Fsp3) is 0.0323. The number of para-hydroxylation sites is 1. The summed E-state index contributed by atoms with van der Waals surface area (Å²) in [7, 11) is 1.20. The summed E-state index contributed by atoms with van der Waals surface area (Å²) in [5.41, 5.74) is 2.65. The molecule has 1 N–H and O–H groups in total. The van der Waals surface area contributed by atoms with Gasteiger partial charge in [-0.3, -0.25) is 9.59 Å². The van der Waals surface area contributed by atoms with Gasteiger partial charge in [-0.05, 0) is 59.7 Å². The molecule has 0 spiro atoms. The number of ether oxygens (including phenoxy) is 2. The molecule has 1 heterocycles. The van der Waals surface area contributed by atoms with E-state index in [4.69, 9.17) is 21.1 Å². The van der Waals surface area contributed by atoms with Crippen LogP contribution < -0.4 is 15.0 Å². The van der Waals surface area contributed by atoms with Gasteiger partial charge in [-0.15, -0.1) is 0 Å². The molecule has 1 aliphatic rings. The number of imide groups is 1. The third-order valence-corrected chi connectivity index (χ3v) is 6.49. The number of hydrogen-bond acceptors (Lipinski definition) is 7. The van der Waals surface area contributed by atoms with E-state index < -0.39 is 23.8 Å². The monoisotopic (exact) mass is 552 g/mol. The predicted molar refractivity (Wildman–Crippen MR) is 150 cm³/mol. The molecule has 1 aliphatic heterocycles. The molecular weight excluding hydrogens is 532 g/mol. The van der Waals surface area contributed by atoms with Gasteiger partial charge in [0.15, 0.2) is 0 Å². The first-order chi connectivity index (χ1) is 19.4. The van der Waals surface area contributed by atoms with E-state index in [-0.39, 0.29) is 27.5 Å². The lowest BCUT2D eigenvalue weighted by Gasteiger charge is -2.17. The highest BCUT2D eigenvalue weighted by Gasteiger charge is 2.40. The fourth-order valence-electron chi connectivity index (χ4n) is 4.13. The Morgan fingerprint density at radius 3 is 2.02 bits per heavy atom. The topological polar surface area (TPSA) is 102 Å². The van der Waals surface area contributed by atoms with Crippen LogP contribution in [-0.2, 0) is 14.3 Å². The average Bonchev–Trinajstić information content (AvgIpc) is 3.20. The van der Waals surface area contributed by atoms with Gasteiger partial charge in [0, 0.05) is 5.69 Å². The van der Waals surface area contributed by atoms with Crippen LogP contribution in [-0.4, -0.2) is 30.9 Å². The Morgan fingerprint density at radius 1 is 0.725 bits per heavy atom. The van der Waals surface area contributed by atoms with E-state index in [1.54, 1.807) is 36.4 Å². The van der Waals surface area contributed by atoms with Crippen molar-refractivity contribution in [1.82, 2.24) is 0 Å². The molecule has 198 valence electrons. The van der Waals surface area contributed by atoms with Crippen LogP contribution in [0.1, 0.15) is 20.7 Å². The molecule has 0 saturated carbocycles. The van der Waals surface area contributed by atoms with Crippen LogP contribution in [0.15, 0.2) is 114 Å². The standard InChI is InChI=1S/C31H21ClN2O6/c1-39-31(38)24-9-5-6-10-25(24)34-28(35)26(32)27(29(34)36)33-22-15-11-21(12-16-22)30(37)40-23-17-13-20(14-18-23)19-7-3-2-4-8-19/h2-18,33H,1H3. The van der Waals surface area contributed by atoms with Crippen LogP contribution in [0.4, 0.5) is 11.4 Å². The Balaban J connectivity index is 1.27. The largest absolute Gasteiger partial charge is 0.465 e. The summed E-state index contributed by atoms with van der Waals surface area (Å²) in [5, 5.41) is 2.50. The SMILES string of the molecule is COC(=O)c1ccccc1N1C(=O)C(Cl)=C(Nc2ccc(C(=O)Oc3ccc(-c4ccccc4)cc3)cc2)C1=O. The summed E-state index contributed by atoms with van der Waals surface area (Å²) in [6, 6.07) is 29.2. The Bertz CT molecular complexity index is 1650. The van der Waals surface area contributed by atoms with E-state index in [1.165, 1.54) is 31.4 Å². The first kappa shape index (κ1) is 26.4. The summed E-state index contributed by atoms with van der Waals surface area (Å²) in [6.07, 6.45) is 0. The number of anilines is 2. The number of carbonyl (C=O) groups is 4. The summed E-state index contributed by atoms with van der Waals surface area (Å²) in [4.78, 5) is 51.7. The third kappa shape index (κ3) is 5.21. The van der Waals surface area contributed by atoms with Crippen molar-refractivity contribution in [3.8, 4) is 16.9 Å². The Kier molecular flexibility index (Phi) is 7.43. The van der Waals surface area contributed by atoms with Crippen molar-refractivity contribution in [3.63, 3.8) is 0 Å². The molecule has 8 nitrogen and oxygen atoms in total. The van der Waals surface area contributed by atoms with Crippen molar-refractivity contribution in [2.24, 2.45) is 0 Å². The number of nitrogens with one attached hydrogen (secondary N) is 1. The van der Waals surface area contributed by atoms with Crippen molar-refractivity contribution < 1.29 is 28.7 Å². The zero-order valence-corrected chi connectivity index (χ0v) is 21.8. The highest BCUT2D eigenvalue weighted by Crippen LogP contribution is 2.32. The zero-order valence-electron chi connectivity index (χ0n) is 21.1. The second kappa shape index (κ2) is 11.3. The molecular formula is C31H21ClN2O6. The van der Waals surface area contributed by atoms with Gasteiger partial charge in [0.25, 0.3) is 11.8 Å². The van der Waals surface area contributed by atoms with Crippen LogP contribution in [0, 0.1) is 0 Å².